The summed E-state index contributed by atoms with van der Waals surface area (Å²) < 4.78 is 0. The van der Waals surface area contributed by atoms with E-state index in [1.807, 2.05) is 0 Å². The van der Waals surface area contributed by atoms with Crippen LogP contribution in [-0.4, -0.2) is 16.4 Å². The summed E-state index contributed by atoms with van der Waals surface area (Å²) in [7, 11) is 0. The van der Waals surface area contributed by atoms with Gasteiger partial charge in [-0.15, -0.1) is 0 Å². The van der Waals surface area contributed by atoms with Crippen LogP contribution in [0, 0.1) is 10.1 Å². The Morgan fingerprint density at radius 2 is 1.94 bits per heavy atom. The SMILES string of the molecule is CC(C)(Nc1cccc(NN)c1[N+](=O)[O-])C(N)=O. The van der Waals surface area contributed by atoms with Crippen LogP contribution in [0.1, 0.15) is 13.8 Å². The van der Waals surface area contributed by atoms with E-state index in [-0.39, 0.29) is 17.1 Å². The molecule has 1 aromatic carbocycles. The highest BCUT2D eigenvalue weighted by Crippen LogP contribution is 2.33. The quantitative estimate of drug-likeness (QED) is 0.344. The number of nitrogen functional groups attached to an aromatic ring is 1. The molecule has 0 fully saturated rings. The first-order valence-corrected chi connectivity index (χ1v) is 5.11. The number of carbonyl (C=O) groups excluding carboxylic acids is 1. The molecule has 0 aliphatic carbocycles. The van der Waals surface area contributed by atoms with E-state index in [0.29, 0.717) is 0 Å². The van der Waals surface area contributed by atoms with Gasteiger partial charge in [-0.2, -0.15) is 0 Å². The lowest BCUT2D eigenvalue weighted by Gasteiger charge is -2.23. The van der Waals surface area contributed by atoms with Crippen LogP contribution in [0.15, 0.2) is 18.2 Å². The molecule has 0 atom stereocenters. The number of hydrogen-bond acceptors (Lipinski definition) is 6. The van der Waals surface area contributed by atoms with Crippen molar-refractivity contribution in [3.05, 3.63) is 28.3 Å². The number of nitro groups is 1. The van der Waals surface area contributed by atoms with Gasteiger partial charge in [0.15, 0.2) is 0 Å². The molecule has 0 radical (unpaired) electrons. The van der Waals surface area contributed by atoms with Gasteiger partial charge in [-0.25, -0.2) is 0 Å². The highest BCUT2D eigenvalue weighted by atomic mass is 16.6. The summed E-state index contributed by atoms with van der Waals surface area (Å²) in [4.78, 5) is 21.6. The summed E-state index contributed by atoms with van der Waals surface area (Å²) >= 11 is 0. The summed E-state index contributed by atoms with van der Waals surface area (Å²) in [5.74, 6) is 4.58. The predicted octanol–water partition coefficient (Wildman–Crippen LogP) is 0.556. The Balaban J connectivity index is 3.25. The number of rotatable bonds is 5. The number of carbonyl (C=O) groups is 1. The number of para-hydroxylation sites is 1. The minimum absolute atomic E-state index is 0.144. The van der Waals surface area contributed by atoms with Gasteiger partial charge < -0.3 is 16.5 Å². The van der Waals surface area contributed by atoms with Gasteiger partial charge in [0.1, 0.15) is 16.9 Å². The second-order valence-corrected chi connectivity index (χ2v) is 4.22. The summed E-state index contributed by atoms with van der Waals surface area (Å²) in [6, 6.07) is 4.51. The molecule has 6 N–H and O–H groups in total. The number of nitrogens with one attached hydrogen (secondary N) is 2. The molecule has 8 nitrogen and oxygen atoms in total. The van der Waals surface area contributed by atoms with Crippen LogP contribution in [0.5, 0.6) is 0 Å². The molecular weight excluding hydrogens is 238 g/mol. The molecule has 0 unspecified atom stereocenters. The van der Waals surface area contributed by atoms with Crippen LogP contribution in [0.3, 0.4) is 0 Å². The Bertz CT molecular complexity index is 486. The fourth-order valence-corrected chi connectivity index (χ4v) is 1.36. The second-order valence-electron chi connectivity index (χ2n) is 4.22. The van der Waals surface area contributed by atoms with E-state index < -0.39 is 16.4 Å². The van der Waals surface area contributed by atoms with Crippen LogP contribution in [0.4, 0.5) is 17.1 Å². The Morgan fingerprint density at radius 1 is 1.39 bits per heavy atom. The van der Waals surface area contributed by atoms with Crippen molar-refractivity contribution in [1.29, 1.82) is 0 Å². The molecule has 0 heterocycles. The van der Waals surface area contributed by atoms with Gasteiger partial charge in [0.05, 0.1) is 4.92 Å². The van der Waals surface area contributed by atoms with Crippen molar-refractivity contribution in [3.63, 3.8) is 0 Å². The Kier molecular flexibility index (Phi) is 3.72. The van der Waals surface area contributed by atoms with E-state index in [4.69, 9.17) is 11.6 Å². The van der Waals surface area contributed by atoms with Crippen molar-refractivity contribution in [3.8, 4) is 0 Å². The molecule has 18 heavy (non-hydrogen) atoms. The van der Waals surface area contributed by atoms with Crippen LogP contribution < -0.4 is 22.3 Å². The first-order valence-electron chi connectivity index (χ1n) is 5.11. The number of primary amides is 1. The summed E-state index contributed by atoms with van der Waals surface area (Å²) in [6.45, 7) is 3.06. The molecule has 0 aliphatic rings. The van der Waals surface area contributed by atoms with Gasteiger partial charge in [0.2, 0.25) is 5.91 Å². The van der Waals surface area contributed by atoms with E-state index in [0.717, 1.165) is 0 Å². The second kappa shape index (κ2) is 4.88. The predicted molar refractivity (Wildman–Crippen MR) is 67.8 cm³/mol. The number of hydrogen-bond donors (Lipinski definition) is 4. The first kappa shape index (κ1) is 13.7. The minimum atomic E-state index is -1.11. The number of anilines is 2. The molecule has 0 aromatic heterocycles. The lowest BCUT2D eigenvalue weighted by molar-refractivity contribution is -0.383. The van der Waals surface area contributed by atoms with Crippen molar-refractivity contribution in [2.24, 2.45) is 11.6 Å². The topological polar surface area (TPSA) is 136 Å². The summed E-state index contributed by atoms with van der Waals surface area (Å²) in [5.41, 5.74) is 6.39. The van der Waals surface area contributed by atoms with Gasteiger partial charge in [-0.1, -0.05) is 6.07 Å². The molecule has 1 rings (SSSR count). The van der Waals surface area contributed by atoms with E-state index in [9.17, 15) is 14.9 Å². The van der Waals surface area contributed by atoms with Gasteiger partial charge in [0.25, 0.3) is 0 Å². The number of benzene rings is 1. The van der Waals surface area contributed by atoms with Crippen molar-refractivity contribution in [2.45, 2.75) is 19.4 Å². The van der Waals surface area contributed by atoms with Crippen molar-refractivity contribution in [2.75, 3.05) is 10.7 Å². The number of amides is 1. The van der Waals surface area contributed by atoms with Gasteiger partial charge in [-0.05, 0) is 26.0 Å². The average Bonchev–Trinajstić information content (AvgIpc) is 2.27. The van der Waals surface area contributed by atoms with Crippen LogP contribution in [0.25, 0.3) is 0 Å². The maximum absolute atomic E-state index is 11.2. The lowest BCUT2D eigenvalue weighted by atomic mass is 10.0. The molecule has 8 heteroatoms. The minimum Gasteiger partial charge on any atom is -0.368 e. The highest BCUT2D eigenvalue weighted by molar-refractivity contribution is 5.89. The number of hydrazine groups is 1. The summed E-state index contributed by atoms with van der Waals surface area (Å²) in [6.07, 6.45) is 0. The number of nitrogens with zero attached hydrogens (tertiary/aromatic N) is 1. The van der Waals surface area contributed by atoms with E-state index in [1.165, 1.54) is 26.0 Å². The Morgan fingerprint density at radius 3 is 2.39 bits per heavy atom. The molecule has 0 saturated carbocycles. The summed E-state index contributed by atoms with van der Waals surface area (Å²) in [5, 5.41) is 13.7. The number of nitrogens with two attached hydrogens (primary N) is 2. The maximum Gasteiger partial charge on any atom is 0.316 e. The molecule has 0 spiro atoms. The smallest absolute Gasteiger partial charge is 0.316 e. The molecule has 0 bridgehead atoms. The molecule has 1 amide bonds. The normalized spacial score (nSPS) is 10.8. The standard InChI is InChI=1S/C10H15N5O3/c1-10(2,9(11)16)13-6-4-3-5-7(14-12)8(6)15(17)18/h3-5,13-14H,12H2,1-2H3,(H2,11,16). The third-order valence-corrected chi connectivity index (χ3v) is 2.44. The van der Waals surface area contributed by atoms with Gasteiger partial charge in [0, 0.05) is 0 Å². The fourth-order valence-electron chi connectivity index (χ4n) is 1.36. The van der Waals surface area contributed by atoms with Crippen molar-refractivity contribution in [1.82, 2.24) is 0 Å². The molecule has 1 aromatic rings. The monoisotopic (exact) mass is 253 g/mol. The van der Waals surface area contributed by atoms with E-state index in [1.54, 1.807) is 6.07 Å². The van der Waals surface area contributed by atoms with Crippen LogP contribution in [-0.2, 0) is 4.79 Å². The Labute approximate surface area is 103 Å². The molecular formula is C10H15N5O3. The zero-order valence-electron chi connectivity index (χ0n) is 10.1. The van der Waals surface area contributed by atoms with Crippen molar-refractivity contribution < 1.29 is 9.72 Å². The zero-order valence-corrected chi connectivity index (χ0v) is 10.1. The zero-order chi connectivity index (χ0) is 13.9. The fraction of sp³-hybridized carbons (Fsp3) is 0.300. The third-order valence-electron chi connectivity index (χ3n) is 2.44. The first-order chi connectivity index (χ1) is 8.29. The highest BCUT2D eigenvalue weighted by Gasteiger charge is 2.29. The van der Waals surface area contributed by atoms with Gasteiger partial charge >= 0.3 is 5.69 Å². The van der Waals surface area contributed by atoms with E-state index in [2.05, 4.69) is 10.7 Å². The maximum atomic E-state index is 11.2. The van der Waals surface area contributed by atoms with Gasteiger partial charge in [-0.3, -0.25) is 20.8 Å². The molecule has 0 saturated heterocycles. The lowest BCUT2D eigenvalue weighted by Crippen LogP contribution is -2.45. The molecule has 98 valence electrons. The van der Waals surface area contributed by atoms with Crippen molar-refractivity contribution >= 4 is 23.0 Å². The largest absolute Gasteiger partial charge is 0.368 e. The van der Waals surface area contributed by atoms with Crippen LogP contribution in [0.2, 0.25) is 0 Å². The third kappa shape index (κ3) is 2.66. The number of nitro benzene ring substituents is 1. The average molecular weight is 253 g/mol. The Hall–Kier alpha value is -2.35. The van der Waals surface area contributed by atoms with Crippen LogP contribution >= 0.6 is 0 Å². The molecule has 0 aliphatic heterocycles. The van der Waals surface area contributed by atoms with E-state index >= 15 is 0 Å².